The van der Waals surface area contributed by atoms with Crippen molar-refractivity contribution in [2.45, 2.75) is 45.3 Å². The van der Waals surface area contributed by atoms with Crippen LogP contribution in [0.1, 0.15) is 48.9 Å². The summed E-state index contributed by atoms with van der Waals surface area (Å²) in [5.41, 5.74) is 4.74. The lowest BCUT2D eigenvalue weighted by molar-refractivity contribution is -0.139. The average molecular weight is 518 g/mol. The van der Waals surface area contributed by atoms with Gasteiger partial charge in [0.25, 0.3) is 0 Å². The first-order chi connectivity index (χ1) is 18.0. The number of amidine groups is 1. The van der Waals surface area contributed by atoms with E-state index in [1.165, 1.54) is 11.8 Å². The Morgan fingerprint density at radius 1 is 1.19 bits per heavy atom. The third kappa shape index (κ3) is 5.50. The van der Waals surface area contributed by atoms with Crippen LogP contribution in [0.25, 0.3) is 5.70 Å². The summed E-state index contributed by atoms with van der Waals surface area (Å²) in [6, 6.07) is 17.3. The predicted molar refractivity (Wildman–Crippen MR) is 145 cm³/mol. The number of thioether (sulfide) groups is 1. The Balaban J connectivity index is 1.53. The molecule has 1 N–H and O–H groups in total. The van der Waals surface area contributed by atoms with Crippen molar-refractivity contribution in [2.24, 2.45) is 4.99 Å². The summed E-state index contributed by atoms with van der Waals surface area (Å²) >= 11 is 1.47. The molecule has 0 aromatic heterocycles. The van der Waals surface area contributed by atoms with Crippen molar-refractivity contribution >= 4 is 34.5 Å². The van der Waals surface area contributed by atoms with Crippen LogP contribution < -0.4 is 5.32 Å². The zero-order chi connectivity index (χ0) is 25.8. The highest BCUT2D eigenvalue weighted by atomic mass is 32.2. The van der Waals surface area contributed by atoms with Gasteiger partial charge in [-0.05, 0) is 37.7 Å². The first kappa shape index (κ1) is 25.3. The van der Waals surface area contributed by atoms with E-state index in [1.807, 2.05) is 65.8 Å². The van der Waals surface area contributed by atoms with Crippen LogP contribution in [0.2, 0.25) is 0 Å². The number of rotatable bonds is 8. The highest BCUT2D eigenvalue weighted by Gasteiger charge is 2.42. The summed E-state index contributed by atoms with van der Waals surface area (Å²) in [6.45, 7) is 5.34. The fourth-order valence-electron chi connectivity index (χ4n) is 4.90. The Hall–Kier alpha value is -3.36. The van der Waals surface area contributed by atoms with Crippen molar-refractivity contribution in [3.63, 3.8) is 0 Å². The maximum Gasteiger partial charge on any atom is 0.338 e. The second-order valence-electron chi connectivity index (χ2n) is 9.27. The third-order valence-electron chi connectivity index (χ3n) is 6.60. The highest BCUT2D eigenvalue weighted by Crippen LogP contribution is 2.47. The molecule has 0 unspecified atom stereocenters. The van der Waals surface area contributed by atoms with Gasteiger partial charge in [0.05, 0.1) is 36.4 Å². The first-order valence-corrected chi connectivity index (χ1v) is 13.6. The Morgan fingerprint density at radius 2 is 2.03 bits per heavy atom. The molecule has 0 saturated carbocycles. The lowest BCUT2D eigenvalue weighted by Gasteiger charge is -2.37. The summed E-state index contributed by atoms with van der Waals surface area (Å²) < 4.78 is 11.2. The molecule has 1 saturated heterocycles. The highest BCUT2D eigenvalue weighted by molar-refractivity contribution is 8.16. The lowest BCUT2D eigenvalue weighted by Crippen LogP contribution is -2.39. The van der Waals surface area contributed by atoms with E-state index >= 15 is 0 Å². The van der Waals surface area contributed by atoms with E-state index in [0.717, 1.165) is 47.0 Å². The number of fused-ring (bicyclic) bond motifs is 1. The molecule has 0 bridgehead atoms. The predicted octanol–water partition coefficient (Wildman–Crippen LogP) is 4.96. The van der Waals surface area contributed by atoms with E-state index < -0.39 is 12.0 Å². The van der Waals surface area contributed by atoms with Crippen LogP contribution in [0.4, 0.5) is 0 Å². The molecule has 2 atom stereocenters. The molecule has 0 aliphatic carbocycles. The number of hydrogen-bond donors (Lipinski definition) is 1. The Bertz CT molecular complexity index is 1260. The molecule has 37 heavy (non-hydrogen) atoms. The average Bonchev–Trinajstić information content (AvgIpc) is 3.57. The number of carbonyl (C=O) groups excluding carboxylic acids is 2. The van der Waals surface area contributed by atoms with Gasteiger partial charge in [0.15, 0.2) is 5.17 Å². The van der Waals surface area contributed by atoms with Gasteiger partial charge in [-0.3, -0.25) is 4.79 Å². The van der Waals surface area contributed by atoms with Gasteiger partial charge in [0, 0.05) is 24.4 Å². The van der Waals surface area contributed by atoms with Crippen molar-refractivity contribution in [1.29, 1.82) is 0 Å². The van der Waals surface area contributed by atoms with Crippen molar-refractivity contribution in [2.75, 3.05) is 19.8 Å². The molecular formula is C29H31N3O4S. The maximum absolute atomic E-state index is 13.5. The van der Waals surface area contributed by atoms with E-state index in [2.05, 4.69) is 11.4 Å². The minimum atomic E-state index is -0.478. The molecule has 7 nitrogen and oxygen atoms in total. The first-order valence-electron chi connectivity index (χ1n) is 12.7. The quantitative estimate of drug-likeness (QED) is 0.499. The van der Waals surface area contributed by atoms with E-state index in [0.29, 0.717) is 17.8 Å². The topological polar surface area (TPSA) is 80.2 Å². The lowest BCUT2D eigenvalue weighted by atomic mass is 9.90. The zero-order valence-electron chi connectivity index (χ0n) is 21.1. The molecule has 3 heterocycles. The van der Waals surface area contributed by atoms with Crippen molar-refractivity contribution in [1.82, 2.24) is 10.2 Å². The van der Waals surface area contributed by atoms with Gasteiger partial charge in [-0.1, -0.05) is 71.9 Å². The zero-order valence-corrected chi connectivity index (χ0v) is 21.9. The molecule has 192 valence electrons. The number of carbonyl (C=O) groups is 2. The van der Waals surface area contributed by atoms with E-state index in [4.69, 9.17) is 14.5 Å². The maximum atomic E-state index is 13.5. The van der Waals surface area contributed by atoms with Crippen LogP contribution in [0.15, 0.2) is 76.3 Å². The molecule has 0 radical (unpaired) electrons. The molecule has 0 spiro atoms. The Kier molecular flexibility index (Phi) is 7.76. The van der Waals surface area contributed by atoms with Gasteiger partial charge in [0.2, 0.25) is 5.91 Å². The molecular weight excluding hydrogens is 486 g/mol. The number of hydrogen-bond acceptors (Lipinski definition) is 7. The van der Waals surface area contributed by atoms with Crippen LogP contribution >= 0.6 is 11.8 Å². The SMILES string of the molecule is CCOC(=O)C1=C(c2ccccc2)N=C2SC=C(CC(=O)NC[C@@H]3CCCO3)N2[C@@H]1c1cccc(C)c1. The van der Waals surface area contributed by atoms with Crippen LogP contribution in [-0.4, -0.2) is 47.8 Å². The van der Waals surface area contributed by atoms with E-state index in [-0.39, 0.29) is 25.0 Å². The summed E-state index contributed by atoms with van der Waals surface area (Å²) in [5, 5.41) is 5.71. The number of benzene rings is 2. The number of nitrogens with one attached hydrogen (secondary N) is 1. The summed E-state index contributed by atoms with van der Waals surface area (Å²) in [6.07, 6.45) is 2.25. The van der Waals surface area contributed by atoms with Gasteiger partial charge in [-0.15, -0.1) is 0 Å². The van der Waals surface area contributed by atoms with Gasteiger partial charge in [-0.2, -0.15) is 0 Å². The van der Waals surface area contributed by atoms with Crippen LogP contribution in [0, 0.1) is 6.92 Å². The van der Waals surface area contributed by atoms with Crippen molar-refractivity contribution in [3.8, 4) is 0 Å². The number of ether oxygens (including phenoxy) is 2. The van der Waals surface area contributed by atoms with E-state index in [9.17, 15) is 9.59 Å². The number of aliphatic imine (C=N–C) groups is 1. The molecule has 3 aliphatic heterocycles. The Morgan fingerprint density at radius 3 is 2.76 bits per heavy atom. The molecule has 2 aromatic rings. The fraction of sp³-hybridized carbons (Fsp3) is 0.345. The normalized spacial score (nSPS) is 20.9. The second kappa shape index (κ2) is 11.4. The number of nitrogens with zero attached hydrogens (tertiary/aromatic N) is 2. The van der Waals surface area contributed by atoms with Crippen molar-refractivity contribution < 1.29 is 19.1 Å². The van der Waals surface area contributed by atoms with E-state index in [1.54, 1.807) is 6.92 Å². The molecule has 8 heteroatoms. The molecule has 3 aliphatic rings. The van der Waals surface area contributed by atoms with Gasteiger partial charge >= 0.3 is 5.97 Å². The number of amides is 1. The smallest absolute Gasteiger partial charge is 0.338 e. The summed E-state index contributed by atoms with van der Waals surface area (Å²) in [4.78, 5) is 33.4. The van der Waals surface area contributed by atoms with Gasteiger partial charge < -0.3 is 19.7 Å². The molecule has 1 fully saturated rings. The van der Waals surface area contributed by atoms with Gasteiger partial charge in [0.1, 0.15) is 0 Å². The largest absolute Gasteiger partial charge is 0.463 e. The van der Waals surface area contributed by atoms with Crippen LogP contribution in [-0.2, 0) is 19.1 Å². The Labute approximate surface area is 221 Å². The minimum Gasteiger partial charge on any atom is -0.463 e. The minimum absolute atomic E-state index is 0.0785. The van der Waals surface area contributed by atoms with Crippen molar-refractivity contribution in [3.05, 3.63) is 88.0 Å². The molecule has 2 aromatic carbocycles. The third-order valence-corrected chi connectivity index (χ3v) is 7.49. The fourth-order valence-corrected chi connectivity index (χ4v) is 5.82. The van der Waals surface area contributed by atoms with Gasteiger partial charge in [-0.25, -0.2) is 9.79 Å². The number of esters is 1. The molecule has 5 rings (SSSR count). The second-order valence-corrected chi connectivity index (χ2v) is 10.1. The number of aryl methyl sites for hydroxylation is 1. The monoisotopic (exact) mass is 517 g/mol. The molecule has 1 amide bonds. The summed E-state index contributed by atoms with van der Waals surface area (Å²) in [5.74, 6) is -0.489. The summed E-state index contributed by atoms with van der Waals surface area (Å²) in [7, 11) is 0. The van der Waals surface area contributed by atoms with Crippen LogP contribution in [0.5, 0.6) is 0 Å². The van der Waals surface area contributed by atoms with Crippen LogP contribution in [0.3, 0.4) is 0 Å². The standard InChI is InChI=1S/C29H31N3O4S/c1-3-35-28(34)25-26(20-10-5-4-6-11-20)31-29-32(27(25)21-12-7-9-19(2)15-21)22(18-37-29)16-24(33)30-17-23-13-8-14-36-23/h4-7,9-12,15,18,23,27H,3,8,13-14,16-17H2,1-2H3,(H,30,33)/t23-,27+/m0/s1.